The summed E-state index contributed by atoms with van der Waals surface area (Å²) in [7, 11) is 0. The molecular formula is C19H20N2O2. The molecule has 0 saturated carbocycles. The van der Waals surface area contributed by atoms with Crippen molar-refractivity contribution in [1.82, 2.24) is 10.5 Å². The van der Waals surface area contributed by atoms with E-state index in [1.807, 2.05) is 38.1 Å². The number of carbonyl (C=O) groups excluding carboxylic acids is 1. The highest BCUT2D eigenvalue weighted by Crippen LogP contribution is 2.24. The van der Waals surface area contributed by atoms with Gasteiger partial charge in [0.15, 0.2) is 5.58 Å². The van der Waals surface area contributed by atoms with Crippen LogP contribution in [-0.4, -0.2) is 17.6 Å². The van der Waals surface area contributed by atoms with Crippen LogP contribution in [0.2, 0.25) is 0 Å². The number of amides is 1. The first-order valence-electron chi connectivity index (χ1n) is 7.79. The standard InChI is InChI=1S/C19H20N2O2/c1-13-10-14(2)19-16(21-23-17(19)11-13)12-18(22)20-9-8-15-6-4-3-5-7-15/h3-7,10-11H,8-9,12H2,1-2H3,(H,20,22). The van der Waals surface area contributed by atoms with Gasteiger partial charge in [-0.15, -0.1) is 0 Å². The van der Waals surface area contributed by atoms with Crippen LogP contribution in [0, 0.1) is 13.8 Å². The van der Waals surface area contributed by atoms with Gasteiger partial charge in [-0.1, -0.05) is 41.6 Å². The molecule has 1 aromatic heterocycles. The van der Waals surface area contributed by atoms with E-state index in [1.54, 1.807) is 0 Å². The zero-order chi connectivity index (χ0) is 16.2. The van der Waals surface area contributed by atoms with Crippen molar-refractivity contribution < 1.29 is 9.32 Å². The van der Waals surface area contributed by atoms with E-state index >= 15 is 0 Å². The molecule has 3 aromatic rings. The minimum absolute atomic E-state index is 0.0314. The molecule has 2 aromatic carbocycles. The molecule has 0 radical (unpaired) electrons. The number of carbonyl (C=O) groups is 1. The van der Waals surface area contributed by atoms with E-state index in [9.17, 15) is 4.79 Å². The summed E-state index contributed by atoms with van der Waals surface area (Å²) in [6.07, 6.45) is 1.07. The first-order chi connectivity index (χ1) is 11.1. The fourth-order valence-electron chi connectivity index (χ4n) is 2.85. The van der Waals surface area contributed by atoms with Gasteiger partial charge in [0.2, 0.25) is 5.91 Å². The monoisotopic (exact) mass is 308 g/mol. The first-order valence-corrected chi connectivity index (χ1v) is 7.79. The van der Waals surface area contributed by atoms with Crippen molar-refractivity contribution >= 4 is 16.9 Å². The summed E-state index contributed by atoms with van der Waals surface area (Å²) < 4.78 is 5.36. The fourth-order valence-corrected chi connectivity index (χ4v) is 2.85. The molecule has 1 amide bonds. The first kappa shape index (κ1) is 15.3. The van der Waals surface area contributed by atoms with Crippen LogP contribution in [0.4, 0.5) is 0 Å². The predicted molar refractivity (Wildman–Crippen MR) is 90.3 cm³/mol. The number of rotatable bonds is 5. The molecule has 4 nitrogen and oxygen atoms in total. The van der Waals surface area contributed by atoms with E-state index < -0.39 is 0 Å². The summed E-state index contributed by atoms with van der Waals surface area (Å²) in [6.45, 7) is 4.66. The molecule has 118 valence electrons. The molecule has 23 heavy (non-hydrogen) atoms. The quantitative estimate of drug-likeness (QED) is 0.786. The number of aromatic nitrogens is 1. The van der Waals surface area contributed by atoms with Gasteiger partial charge in [0.05, 0.1) is 6.42 Å². The Balaban J connectivity index is 1.62. The number of hydrogen-bond donors (Lipinski definition) is 1. The van der Waals surface area contributed by atoms with E-state index in [0.717, 1.165) is 28.5 Å². The third-order valence-electron chi connectivity index (χ3n) is 3.89. The molecule has 0 atom stereocenters. The van der Waals surface area contributed by atoms with E-state index in [0.29, 0.717) is 12.2 Å². The third-order valence-corrected chi connectivity index (χ3v) is 3.89. The van der Waals surface area contributed by atoms with E-state index in [4.69, 9.17) is 4.52 Å². The van der Waals surface area contributed by atoms with Gasteiger partial charge in [-0.2, -0.15) is 0 Å². The van der Waals surface area contributed by atoms with Crippen LogP contribution in [0.15, 0.2) is 47.0 Å². The molecule has 0 aliphatic carbocycles. The Bertz CT molecular complexity index is 822. The van der Waals surface area contributed by atoms with E-state index in [2.05, 4.69) is 28.7 Å². The van der Waals surface area contributed by atoms with Crippen molar-refractivity contribution in [1.29, 1.82) is 0 Å². The van der Waals surface area contributed by atoms with Crippen molar-refractivity contribution in [2.45, 2.75) is 26.7 Å². The number of hydrogen-bond acceptors (Lipinski definition) is 3. The van der Waals surface area contributed by atoms with Crippen molar-refractivity contribution in [3.63, 3.8) is 0 Å². The second-order valence-corrected chi connectivity index (χ2v) is 5.85. The molecule has 1 N–H and O–H groups in total. The number of benzene rings is 2. The van der Waals surface area contributed by atoms with Gasteiger partial charge < -0.3 is 9.84 Å². The van der Waals surface area contributed by atoms with Gasteiger partial charge >= 0.3 is 0 Å². The van der Waals surface area contributed by atoms with Gasteiger partial charge in [0.25, 0.3) is 0 Å². The highest BCUT2D eigenvalue weighted by Gasteiger charge is 2.14. The maximum absolute atomic E-state index is 12.1. The van der Waals surface area contributed by atoms with E-state index in [1.165, 1.54) is 5.56 Å². The summed E-state index contributed by atoms with van der Waals surface area (Å²) in [4.78, 5) is 12.1. The van der Waals surface area contributed by atoms with Crippen molar-refractivity contribution in [2.75, 3.05) is 6.54 Å². The van der Waals surface area contributed by atoms with Crippen molar-refractivity contribution in [3.05, 3.63) is 64.8 Å². The Labute approximate surface area is 135 Å². The lowest BCUT2D eigenvalue weighted by molar-refractivity contribution is -0.120. The molecule has 0 aliphatic rings. The molecule has 0 aliphatic heterocycles. The van der Waals surface area contributed by atoms with Crippen LogP contribution >= 0.6 is 0 Å². The normalized spacial score (nSPS) is 10.9. The van der Waals surface area contributed by atoms with Crippen LogP contribution < -0.4 is 5.32 Å². The van der Waals surface area contributed by atoms with Crippen molar-refractivity contribution in [2.24, 2.45) is 0 Å². The smallest absolute Gasteiger partial charge is 0.226 e. The topological polar surface area (TPSA) is 55.1 Å². The second kappa shape index (κ2) is 6.65. The van der Waals surface area contributed by atoms with Gasteiger partial charge in [-0.05, 0) is 43.0 Å². The zero-order valence-corrected chi connectivity index (χ0v) is 13.4. The highest BCUT2D eigenvalue weighted by molar-refractivity contribution is 5.88. The minimum atomic E-state index is -0.0314. The number of fused-ring (bicyclic) bond motifs is 1. The Morgan fingerprint density at radius 1 is 1.17 bits per heavy atom. The van der Waals surface area contributed by atoms with Crippen LogP contribution in [0.3, 0.4) is 0 Å². The lowest BCUT2D eigenvalue weighted by Crippen LogP contribution is -2.27. The fraction of sp³-hybridized carbons (Fsp3) is 0.263. The number of nitrogens with one attached hydrogen (secondary N) is 1. The molecule has 0 unspecified atom stereocenters. The maximum atomic E-state index is 12.1. The molecule has 0 saturated heterocycles. The Morgan fingerprint density at radius 3 is 2.74 bits per heavy atom. The molecule has 3 rings (SSSR count). The number of aryl methyl sites for hydroxylation is 2. The average Bonchev–Trinajstić information content (AvgIpc) is 2.91. The lowest BCUT2D eigenvalue weighted by Gasteiger charge is -2.05. The zero-order valence-electron chi connectivity index (χ0n) is 13.4. The highest BCUT2D eigenvalue weighted by atomic mass is 16.5. The molecule has 1 heterocycles. The van der Waals surface area contributed by atoms with Crippen LogP contribution in [-0.2, 0) is 17.6 Å². The molecule has 0 spiro atoms. The van der Waals surface area contributed by atoms with Crippen LogP contribution in [0.1, 0.15) is 22.4 Å². The summed E-state index contributed by atoms with van der Waals surface area (Å²) in [5.74, 6) is -0.0314. The number of nitrogens with zero attached hydrogens (tertiary/aromatic N) is 1. The van der Waals surface area contributed by atoms with Gasteiger partial charge in [0, 0.05) is 11.9 Å². The van der Waals surface area contributed by atoms with Gasteiger partial charge in [-0.25, -0.2) is 0 Å². The summed E-state index contributed by atoms with van der Waals surface area (Å²) in [5.41, 5.74) is 4.88. The molecule has 0 bridgehead atoms. The van der Waals surface area contributed by atoms with Gasteiger partial charge in [-0.3, -0.25) is 4.79 Å². The third kappa shape index (κ3) is 3.59. The molecule has 4 heteroatoms. The Kier molecular flexibility index (Phi) is 4.42. The minimum Gasteiger partial charge on any atom is -0.356 e. The lowest BCUT2D eigenvalue weighted by atomic mass is 10.0. The summed E-state index contributed by atoms with van der Waals surface area (Å²) in [5, 5.41) is 7.96. The van der Waals surface area contributed by atoms with Crippen LogP contribution in [0.5, 0.6) is 0 Å². The maximum Gasteiger partial charge on any atom is 0.226 e. The van der Waals surface area contributed by atoms with E-state index in [-0.39, 0.29) is 12.3 Å². The Morgan fingerprint density at radius 2 is 1.96 bits per heavy atom. The average molecular weight is 308 g/mol. The summed E-state index contributed by atoms with van der Waals surface area (Å²) >= 11 is 0. The van der Waals surface area contributed by atoms with Crippen molar-refractivity contribution in [3.8, 4) is 0 Å². The summed E-state index contributed by atoms with van der Waals surface area (Å²) in [6, 6.07) is 14.1. The molecule has 0 fully saturated rings. The van der Waals surface area contributed by atoms with Crippen LogP contribution in [0.25, 0.3) is 11.0 Å². The Hall–Kier alpha value is -2.62. The predicted octanol–water partition coefficient (Wildman–Crippen LogP) is 3.35. The van der Waals surface area contributed by atoms with Gasteiger partial charge in [0.1, 0.15) is 5.69 Å². The molecular weight excluding hydrogens is 288 g/mol. The SMILES string of the molecule is Cc1cc(C)c2c(CC(=O)NCCc3ccccc3)noc2c1. The second-order valence-electron chi connectivity index (χ2n) is 5.85. The largest absolute Gasteiger partial charge is 0.356 e.